The molecule has 2 heterocycles. The van der Waals surface area contributed by atoms with Crippen LogP contribution in [0.4, 0.5) is 5.13 Å². The monoisotopic (exact) mass is 347 g/mol. The van der Waals surface area contributed by atoms with E-state index in [4.69, 9.17) is 11.6 Å². The van der Waals surface area contributed by atoms with Crippen LogP contribution in [0.25, 0.3) is 0 Å². The Hall–Kier alpha value is -2.25. The Labute approximate surface area is 142 Å². The third-order valence-electron chi connectivity index (χ3n) is 3.33. The van der Waals surface area contributed by atoms with Gasteiger partial charge in [-0.25, -0.2) is 4.68 Å². The van der Waals surface area contributed by atoms with Crippen LogP contribution in [0.2, 0.25) is 5.15 Å². The molecular weight excluding hydrogens is 334 g/mol. The van der Waals surface area contributed by atoms with Crippen molar-refractivity contribution in [2.24, 2.45) is 0 Å². The van der Waals surface area contributed by atoms with E-state index >= 15 is 0 Å². The Balaban J connectivity index is 1.84. The smallest absolute Gasteiger partial charge is 0.262 e. The maximum atomic E-state index is 12.4. The lowest BCUT2D eigenvalue weighted by molar-refractivity contribution is 0.102. The van der Waals surface area contributed by atoms with Crippen molar-refractivity contribution >= 4 is 34.0 Å². The maximum absolute atomic E-state index is 12.4. The first kappa shape index (κ1) is 15.6. The summed E-state index contributed by atoms with van der Waals surface area (Å²) in [5, 5.41) is 15.3. The number of hydrogen-bond acceptors (Lipinski definition) is 5. The summed E-state index contributed by atoms with van der Waals surface area (Å²) in [4.78, 5) is 12.4. The minimum absolute atomic E-state index is 0.310. The Morgan fingerprint density at radius 2 is 2.04 bits per heavy atom. The second-order valence-corrected chi connectivity index (χ2v) is 6.28. The summed E-state index contributed by atoms with van der Waals surface area (Å²) in [6.07, 6.45) is 0. The fraction of sp³-hybridized carbons (Fsp3) is 0.200. The minimum atomic E-state index is -0.334. The number of carbonyl (C=O) groups excluding carboxylic acids is 1. The fourth-order valence-electron chi connectivity index (χ4n) is 2.17. The molecule has 2 aromatic heterocycles. The topological polar surface area (TPSA) is 72.7 Å². The molecule has 3 rings (SSSR count). The van der Waals surface area contributed by atoms with Gasteiger partial charge in [-0.05, 0) is 19.4 Å². The first-order valence-corrected chi connectivity index (χ1v) is 8.16. The van der Waals surface area contributed by atoms with Crippen molar-refractivity contribution in [3.8, 4) is 0 Å². The lowest BCUT2D eigenvalue weighted by atomic mass is 10.1. The molecule has 0 saturated carbocycles. The second kappa shape index (κ2) is 6.47. The SMILES string of the molecule is Cc1ccc(Cn2nc(C)c(C(=O)Nc3nncs3)c2Cl)cc1. The van der Waals surface area contributed by atoms with E-state index in [1.165, 1.54) is 16.9 Å². The number of benzene rings is 1. The normalized spacial score (nSPS) is 10.7. The van der Waals surface area contributed by atoms with Crippen LogP contribution in [-0.4, -0.2) is 25.9 Å². The minimum Gasteiger partial charge on any atom is -0.296 e. The standard InChI is InChI=1S/C15H14ClN5OS/c1-9-3-5-11(6-4-9)7-21-13(16)12(10(2)20-21)14(22)18-15-19-17-8-23-15/h3-6,8H,7H2,1-2H3,(H,18,19,22). The van der Waals surface area contributed by atoms with Gasteiger partial charge in [0.05, 0.1) is 17.8 Å². The first-order valence-electron chi connectivity index (χ1n) is 6.90. The molecule has 8 heteroatoms. The summed E-state index contributed by atoms with van der Waals surface area (Å²) < 4.78 is 1.62. The lowest BCUT2D eigenvalue weighted by Gasteiger charge is -2.05. The van der Waals surface area contributed by atoms with Gasteiger partial charge in [-0.3, -0.25) is 10.1 Å². The van der Waals surface area contributed by atoms with E-state index < -0.39 is 0 Å². The van der Waals surface area contributed by atoms with Gasteiger partial charge in [-0.1, -0.05) is 52.8 Å². The molecule has 23 heavy (non-hydrogen) atoms. The summed E-state index contributed by atoms with van der Waals surface area (Å²) in [5.41, 5.74) is 4.73. The summed E-state index contributed by atoms with van der Waals surface area (Å²) in [7, 11) is 0. The first-order chi connectivity index (χ1) is 11.0. The molecule has 1 N–H and O–H groups in total. The molecule has 1 aromatic carbocycles. The van der Waals surface area contributed by atoms with Crippen LogP contribution in [0, 0.1) is 13.8 Å². The number of halogens is 1. The summed E-state index contributed by atoms with van der Waals surface area (Å²) >= 11 is 7.60. The predicted octanol–water partition coefficient (Wildman–Crippen LogP) is 3.31. The van der Waals surface area contributed by atoms with E-state index in [0.717, 1.165) is 5.56 Å². The molecule has 0 unspecified atom stereocenters. The Morgan fingerprint density at radius 3 is 2.70 bits per heavy atom. The number of amides is 1. The molecule has 0 saturated heterocycles. The molecule has 0 bridgehead atoms. The highest BCUT2D eigenvalue weighted by Crippen LogP contribution is 2.22. The lowest BCUT2D eigenvalue weighted by Crippen LogP contribution is -2.13. The maximum Gasteiger partial charge on any atom is 0.262 e. The van der Waals surface area contributed by atoms with Crippen molar-refractivity contribution < 1.29 is 4.79 Å². The number of anilines is 1. The van der Waals surface area contributed by atoms with Gasteiger partial charge in [0.25, 0.3) is 5.91 Å². The van der Waals surface area contributed by atoms with Gasteiger partial charge in [0.1, 0.15) is 10.7 Å². The number of hydrogen-bond donors (Lipinski definition) is 1. The van der Waals surface area contributed by atoms with E-state index in [1.807, 2.05) is 31.2 Å². The molecule has 1 amide bonds. The average Bonchev–Trinajstić information content (AvgIpc) is 3.10. The van der Waals surface area contributed by atoms with Crippen molar-refractivity contribution in [1.29, 1.82) is 0 Å². The molecular formula is C15H14ClN5OS. The molecule has 0 aliphatic heterocycles. The van der Waals surface area contributed by atoms with Crippen LogP contribution in [0.1, 0.15) is 27.2 Å². The van der Waals surface area contributed by atoms with Crippen LogP contribution in [0.15, 0.2) is 29.8 Å². The molecule has 0 spiro atoms. The van der Waals surface area contributed by atoms with Gasteiger partial charge in [0.2, 0.25) is 5.13 Å². The summed E-state index contributed by atoms with van der Waals surface area (Å²) in [6.45, 7) is 4.29. The van der Waals surface area contributed by atoms with E-state index in [-0.39, 0.29) is 5.91 Å². The number of aryl methyl sites for hydroxylation is 2. The van der Waals surface area contributed by atoms with Crippen molar-refractivity contribution in [3.05, 3.63) is 57.3 Å². The van der Waals surface area contributed by atoms with Gasteiger partial charge in [-0.2, -0.15) is 5.10 Å². The van der Waals surface area contributed by atoms with E-state index in [0.29, 0.717) is 28.1 Å². The zero-order valence-corrected chi connectivity index (χ0v) is 14.1. The van der Waals surface area contributed by atoms with Crippen molar-refractivity contribution in [2.75, 3.05) is 5.32 Å². The van der Waals surface area contributed by atoms with Gasteiger partial charge >= 0.3 is 0 Å². The predicted molar refractivity (Wildman–Crippen MR) is 90.1 cm³/mol. The Kier molecular flexibility index (Phi) is 4.40. The summed E-state index contributed by atoms with van der Waals surface area (Å²) in [6, 6.07) is 8.10. The number of carbonyl (C=O) groups is 1. The molecule has 0 fully saturated rings. The zero-order chi connectivity index (χ0) is 16.4. The van der Waals surface area contributed by atoms with E-state index in [2.05, 4.69) is 20.6 Å². The average molecular weight is 348 g/mol. The highest BCUT2D eigenvalue weighted by molar-refractivity contribution is 7.13. The molecule has 6 nitrogen and oxygen atoms in total. The number of aromatic nitrogens is 4. The highest BCUT2D eigenvalue weighted by atomic mass is 35.5. The number of nitrogens with zero attached hydrogens (tertiary/aromatic N) is 4. The quantitative estimate of drug-likeness (QED) is 0.785. The molecule has 0 aliphatic rings. The van der Waals surface area contributed by atoms with Crippen molar-refractivity contribution in [3.63, 3.8) is 0 Å². The molecule has 3 aromatic rings. The highest BCUT2D eigenvalue weighted by Gasteiger charge is 2.21. The molecule has 118 valence electrons. The fourth-order valence-corrected chi connectivity index (χ4v) is 2.93. The zero-order valence-electron chi connectivity index (χ0n) is 12.6. The van der Waals surface area contributed by atoms with Gasteiger partial charge in [0.15, 0.2) is 0 Å². The van der Waals surface area contributed by atoms with Gasteiger partial charge < -0.3 is 0 Å². The van der Waals surface area contributed by atoms with Crippen molar-refractivity contribution in [1.82, 2.24) is 20.0 Å². The van der Waals surface area contributed by atoms with Crippen LogP contribution in [-0.2, 0) is 6.54 Å². The van der Waals surface area contributed by atoms with Crippen LogP contribution >= 0.6 is 22.9 Å². The van der Waals surface area contributed by atoms with Gasteiger partial charge in [-0.15, -0.1) is 10.2 Å². The Morgan fingerprint density at radius 1 is 1.30 bits per heavy atom. The van der Waals surface area contributed by atoms with Gasteiger partial charge in [0, 0.05) is 0 Å². The molecule has 0 aliphatic carbocycles. The number of rotatable bonds is 4. The number of nitrogens with one attached hydrogen (secondary N) is 1. The Bertz CT molecular complexity index is 826. The second-order valence-electron chi connectivity index (χ2n) is 5.09. The molecule has 0 atom stereocenters. The van der Waals surface area contributed by atoms with Crippen LogP contribution < -0.4 is 5.32 Å². The summed E-state index contributed by atoms with van der Waals surface area (Å²) in [5.74, 6) is -0.334. The van der Waals surface area contributed by atoms with Crippen molar-refractivity contribution in [2.45, 2.75) is 20.4 Å². The van der Waals surface area contributed by atoms with E-state index in [9.17, 15) is 4.79 Å². The third-order valence-corrected chi connectivity index (χ3v) is 4.32. The van der Waals surface area contributed by atoms with E-state index in [1.54, 1.807) is 17.1 Å². The van der Waals surface area contributed by atoms with Crippen LogP contribution in [0.5, 0.6) is 0 Å². The largest absolute Gasteiger partial charge is 0.296 e. The molecule has 0 radical (unpaired) electrons. The van der Waals surface area contributed by atoms with Crippen LogP contribution in [0.3, 0.4) is 0 Å². The third kappa shape index (κ3) is 3.40.